The molecule has 0 fully saturated rings. The van der Waals surface area contributed by atoms with E-state index in [1.54, 1.807) is 18.2 Å². The predicted molar refractivity (Wildman–Crippen MR) is 112 cm³/mol. The summed E-state index contributed by atoms with van der Waals surface area (Å²) in [7, 11) is 1.51. The largest absolute Gasteiger partial charge is 0.504 e. The number of nitrogens with zero attached hydrogens (tertiary/aromatic N) is 2. The Morgan fingerprint density at radius 3 is 2.76 bits per heavy atom. The zero-order valence-corrected chi connectivity index (χ0v) is 16.3. The molecule has 0 saturated heterocycles. The molecule has 4 rings (SSSR count). The Kier molecular flexibility index (Phi) is 4.94. The number of aromatic nitrogens is 1. The molecule has 148 valence electrons. The monoisotopic (exact) mass is 390 g/mol. The van der Waals surface area contributed by atoms with Crippen molar-refractivity contribution >= 4 is 28.5 Å². The average molecular weight is 390 g/mol. The van der Waals surface area contributed by atoms with Crippen LogP contribution in [0.15, 0.2) is 42.5 Å². The van der Waals surface area contributed by atoms with Crippen LogP contribution < -0.4 is 4.74 Å². The number of carbonyl (C=O) groups is 1. The highest BCUT2D eigenvalue weighted by Crippen LogP contribution is 2.35. The Bertz CT molecular complexity index is 1140. The quantitative estimate of drug-likeness (QED) is 0.700. The van der Waals surface area contributed by atoms with Gasteiger partial charge in [-0.1, -0.05) is 31.2 Å². The van der Waals surface area contributed by atoms with E-state index in [0.717, 1.165) is 28.9 Å². The van der Waals surface area contributed by atoms with Gasteiger partial charge in [0, 0.05) is 24.0 Å². The van der Waals surface area contributed by atoms with Gasteiger partial charge in [-0.3, -0.25) is 4.90 Å². The Morgan fingerprint density at radius 2 is 2.03 bits per heavy atom. The molecular formula is C23H22N2O4. The van der Waals surface area contributed by atoms with Gasteiger partial charge in [-0.2, -0.15) is 0 Å². The summed E-state index contributed by atoms with van der Waals surface area (Å²) in [5.41, 5.74) is 4.24. The molecule has 0 spiro atoms. The van der Waals surface area contributed by atoms with Gasteiger partial charge in [0.1, 0.15) is 0 Å². The Balaban J connectivity index is 1.96. The SMILES string of the molecule is CCN1C/C(=C/c2ccc(O)c(OC)c2)c2nc3ccccc3c(C(=O)O)c2C1. The van der Waals surface area contributed by atoms with Crippen molar-refractivity contribution in [3.63, 3.8) is 0 Å². The number of pyridine rings is 1. The van der Waals surface area contributed by atoms with Crippen LogP contribution in [0.4, 0.5) is 0 Å². The van der Waals surface area contributed by atoms with Crippen molar-refractivity contribution in [3.8, 4) is 11.5 Å². The number of ether oxygens (including phenoxy) is 1. The smallest absolute Gasteiger partial charge is 0.336 e. The first kappa shape index (κ1) is 19.0. The van der Waals surface area contributed by atoms with E-state index in [4.69, 9.17) is 9.72 Å². The Hall–Kier alpha value is -3.38. The molecule has 1 aromatic heterocycles. The van der Waals surface area contributed by atoms with E-state index < -0.39 is 5.97 Å². The van der Waals surface area contributed by atoms with Crippen LogP contribution in [0, 0.1) is 0 Å². The van der Waals surface area contributed by atoms with E-state index in [1.165, 1.54) is 7.11 Å². The number of carboxylic acid groups (broad SMARTS) is 1. The van der Waals surface area contributed by atoms with Crippen LogP contribution in [0.1, 0.15) is 34.1 Å². The number of rotatable bonds is 4. The van der Waals surface area contributed by atoms with Crippen LogP contribution in [-0.4, -0.2) is 46.3 Å². The number of carboxylic acids is 1. The maximum absolute atomic E-state index is 12.2. The molecule has 29 heavy (non-hydrogen) atoms. The van der Waals surface area contributed by atoms with Gasteiger partial charge in [-0.05, 0) is 42.0 Å². The zero-order valence-electron chi connectivity index (χ0n) is 16.3. The third kappa shape index (κ3) is 3.43. The van der Waals surface area contributed by atoms with Gasteiger partial charge in [-0.25, -0.2) is 9.78 Å². The second-order valence-corrected chi connectivity index (χ2v) is 7.04. The highest BCUT2D eigenvalue weighted by Gasteiger charge is 2.27. The van der Waals surface area contributed by atoms with Crippen molar-refractivity contribution < 1.29 is 19.7 Å². The summed E-state index contributed by atoms with van der Waals surface area (Å²) < 4.78 is 5.21. The molecule has 0 unspecified atom stereocenters. The average Bonchev–Trinajstić information content (AvgIpc) is 2.73. The van der Waals surface area contributed by atoms with Gasteiger partial charge < -0.3 is 14.9 Å². The van der Waals surface area contributed by atoms with Gasteiger partial charge in [0.05, 0.1) is 23.9 Å². The molecule has 6 nitrogen and oxygen atoms in total. The topological polar surface area (TPSA) is 82.9 Å². The van der Waals surface area contributed by atoms with E-state index >= 15 is 0 Å². The zero-order chi connectivity index (χ0) is 20.5. The molecule has 2 heterocycles. The maximum Gasteiger partial charge on any atom is 0.336 e. The number of phenols is 1. The summed E-state index contributed by atoms with van der Waals surface area (Å²) >= 11 is 0. The number of para-hydroxylation sites is 1. The number of phenolic OH excluding ortho intramolecular Hbond substituents is 1. The normalized spacial score (nSPS) is 15.4. The standard InChI is InChI=1S/C23H22N2O4/c1-3-25-12-15(10-14-8-9-19(26)20(11-14)29-2)22-17(13-25)21(23(27)28)16-6-4-5-7-18(16)24-22/h4-11,26H,3,12-13H2,1-2H3,(H,27,28)/b15-10-. The minimum atomic E-state index is -0.941. The van der Waals surface area contributed by atoms with Crippen LogP contribution in [0.25, 0.3) is 22.6 Å². The minimum Gasteiger partial charge on any atom is -0.504 e. The van der Waals surface area contributed by atoms with Gasteiger partial charge in [0.25, 0.3) is 0 Å². The van der Waals surface area contributed by atoms with Crippen molar-refractivity contribution in [1.82, 2.24) is 9.88 Å². The first-order valence-corrected chi connectivity index (χ1v) is 9.47. The Morgan fingerprint density at radius 1 is 1.24 bits per heavy atom. The molecule has 0 atom stereocenters. The van der Waals surface area contributed by atoms with Crippen LogP contribution in [-0.2, 0) is 6.54 Å². The fraction of sp³-hybridized carbons (Fsp3) is 0.217. The van der Waals surface area contributed by atoms with E-state index in [1.807, 2.05) is 30.3 Å². The van der Waals surface area contributed by atoms with Gasteiger partial charge in [-0.15, -0.1) is 0 Å². The van der Waals surface area contributed by atoms with Gasteiger partial charge in [0.15, 0.2) is 11.5 Å². The van der Waals surface area contributed by atoms with Crippen LogP contribution >= 0.6 is 0 Å². The molecule has 0 aliphatic carbocycles. The highest BCUT2D eigenvalue weighted by atomic mass is 16.5. The lowest BCUT2D eigenvalue weighted by atomic mass is 9.92. The lowest BCUT2D eigenvalue weighted by Gasteiger charge is -2.30. The Labute approximate surface area is 168 Å². The summed E-state index contributed by atoms with van der Waals surface area (Å²) in [6.45, 7) is 4.06. The first-order chi connectivity index (χ1) is 14.0. The summed E-state index contributed by atoms with van der Waals surface area (Å²) in [5, 5.41) is 20.5. The maximum atomic E-state index is 12.2. The molecule has 6 heteroatoms. The van der Waals surface area contributed by atoms with E-state index in [0.29, 0.717) is 35.3 Å². The lowest BCUT2D eigenvalue weighted by Crippen LogP contribution is -2.31. The number of methoxy groups -OCH3 is 1. The van der Waals surface area contributed by atoms with Crippen molar-refractivity contribution in [3.05, 3.63) is 64.8 Å². The predicted octanol–water partition coefficient (Wildman–Crippen LogP) is 4.02. The van der Waals surface area contributed by atoms with Gasteiger partial charge in [0.2, 0.25) is 0 Å². The van der Waals surface area contributed by atoms with E-state index in [-0.39, 0.29) is 5.75 Å². The fourth-order valence-electron chi connectivity index (χ4n) is 3.83. The molecule has 2 aromatic carbocycles. The summed E-state index contributed by atoms with van der Waals surface area (Å²) in [6, 6.07) is 12.5. The number of hydrogen-bond donors (Lipinski definition) is 2. The molecule has 0 bridgehead atoms. The molecule has 1 aliphatic heterocycles. The van der Waals surface area contributed by atoms with Crippen molar-refractivity contribution in [2.45, 2.75) is 13.5 Å². The molecule has 1 aliphatic rings. The number of benzene rings is 2. The summed E-state index contributed by atoms with van der Waals surface area (Å²) in [6.07, 6.45) is 1.98. The molecule has 2 N–H and O–H groups in total. The minimum absolute atomic E-state index is 0.0751. The van der Waals surface area contributed by atoms with Crippen LogP contribution in [0.5, 0.6) is 11.5 Å². The van der Waals surface area contributed by atoms with Crippen molar-refractivity contribution in [1.29, 1.82) is 0 Å². The van der Waals surface area contributed by atoms with E-state index in [9.17, 15) is 15.0 Å². The number of aromatic carboxylic acids is 1. The fourth-order valence-corrected chi connectivity index (χ4v) is 3.83. The molecule has 0 amide bonds. The third-order valence-electron chi connectivity index (χ3n) is 5.28. The second kappa shape index (κ2) is 7.56. The summed E-state index contributed by atoms with van der Waals surface area (Å²) in [4.78, 5) is 19.2. The second-order valence-electron chi connectivity index (χ2n) is 7.04. The summed E-state index contributed by atoms with van der Waals surface area (Å²) in [5.74, 6) is -0.477. The number of aromatic hydroxyl groups is 1. The lowest BCUT2D eigenvalue weighted by molar-refractivity contribution is 0.0696. The van der Waals surface area contributed by atoms with Crippen LogP contribution in [0.2, 0.25) is 0 Å². The molecule has 3 aromatic rings. The molecule has 0 radical (unpaired) electrons. The third-order valence-corrected chi connectivity index (χ3v) is 5.28. The van der Waals surface area contributed by atoms with Crippen LogP contribution in [0.3, 0.4) is 0 Å². The number of hydrogen-bond acceptors (Lipinski definition) is 5. The number of fused-ring (bicyclic) bond motifs is 2. The molecule has 0 saturated carbocycles. The van der Waals surface area contributed by atoms with E-state index in [2.05, 4.69) is 11.8 Å². The highest BCUT2D eigenvalue weighted by molar-refractivity contribution is 6.06. The van der Waals surface area contributed by atoms with Crippen molar-refractivity contribution in [2.24, 2.45) is 0 Å². The van der Waals surface area contributed by atoms with Gasteiger partial charge >= 0.3 is 5.97 Å². The number of likely N-dealkylation sites (N-methyl/N-ethyl adjacent to an activating group) is 1. The first-order valence-electron chi connectivity index (χ1n) is 9.47. The molecular weight excluding hydrogens is 368 g/mol. The van der Waals surface area contributed by atoms with Crippen molar-refractivity contribution in [2.75, 3.05) is 20.2 Å².